The molecule has 0 amide bonds. The fourth-order valence-electron chi connectivity index (χ4n) is 2.54. The molecular weight excluding hydrogens is 238 g/mol. The first-order valence-electron chi connectivity index (χ1n) is 6.32. The number of nitrogens with zero attached hydrogens (tertiary/aromatic N) is 3. The van der Waals surface area contributed by atoms with Gasteiger partial charge in [-0.2, -0.15) is 0 Å². The summed E-state index contributed by atoms with van der Waals surface area (Å²) in [7, 11) is 0. The van der Waals surface area contributed by atoms with Crippen LogP contribution in [-0.2, 0) is 13.1 Å². The summed E-state index contributed by atoms with van der Waals surface area (Å²) in [5.74, 6) is 7.89. The van der Waals surface area contributed by atoms with Crippen LogP contribution in [0.5, 0.6) is 0 Å². The van der Waals surface area contributed by atoms with Crippen LogP contribution < -0.4 is 16.2 Å². The molecule has 0 saturated carbocycles. The largest absolute Gasteiger partial charge is 0.348 e. The number of fused-ring (bicyclic) bond motifs is 1. The number of anilines is 2. The van der Waals surface area contributed by atoms with Crippen molar-refractivity contribution < 1.29 is 0 Å². The lowest BCUT2D eigenvalue weighted by atomic mass is 10.1. The molecule has 0 spiro atoms. The van der Waals surface area contributed by atoms with E-state index in [1.807, 2.05) is 13.8 Å². The van der Waals surface area contributed by atoms with Crippen molar-refractivity contribution in [1.82, 2.24) is 9.97 Å². The molecule has 1 aliphatic heterocycles. The first-order chi connectivity index (χ1) is 9.19. The normalized spacial score (nSPS) is 13.5. The van der Waals surface area contributed by atoms with Crippen LogP contribution >= 0.6 is 0 Å². The van der Waals surface area contributed by atoms with Crippen LogP contribution in [0.2, 0.25) is 0 Å². The molecule has 0 aliphatic carbocycles. The smallest absolute Gasteiger partial charge is 0.148 e. The van der Waals surface area contributed by atoms with Crippen LogP contribution in [0.25, 0.3) is 0 Å². The monoisotopic (exact) mass is 255 g/mol. The van der Waals surface area contributed by atoms with Crippen LogP contribution in [0.1, 0.15) is 22.5 Å². The summed E-state index contributed by atoms with van der Waals surface area (Å²) in [6.45, 7) is 5.65. The Morgan fingerprint density at radius 3 is 2.32 bits per heavy atom. The minimum atomic E-state index is 0.693. The van der Waals surface area contributed by atoms with Crippen LogP contribution in [0.3, 0.4) is 0 Å². The second kappa shape index (κ2) is 4.51. The molecule has 2 heterocycles. The first-order valence-corrected chi connectivity index (χ1v) is 6.32. The van der Waals surface area contributed by atoms with Gasteiger partial charge in [0.15, 0.2) is 0 Å². The molecule has 3 N–H and O–H groups in total. The number of aryl methyl sites for hydroxylation is 1. The molecule has 19 heavy (non-hydrogen) atoms. The fraction of sp³-hybridized carbons (Fsp3) is 0.286. The molecule has 0 bridgehead atoms. The average Bonchev–Trinajstić information content (AvgIpc) is 2.84. The Morgan fingerprint density at radius 2 is 1.74 bits per heavy atom. The van der Waals surface area contributed by atoms with E-state index in [0.29, 0.717) is 5.82 Å². The van der Waals surface area contributed by atoms with Crippen LogP contribution in [-0.4, -0.2) is 9.97 Å². The van der Waals surface area contributed by atoms with Gasteiger partial charge in [-0.3, -0.25) is 0 Å². The van der Waals surface area contributed by atoms with Gasteiger partial charge in [0.1, 0.15) is 17.5 Å². The first kappa shape index (κ1) is 11.9. The van der Waals surface area contributed by atoms with Crippen molar-refractivity contribution in [3.8, 4) is 0 Å². The Bertz CT molecular complexity index is 598. The van der Waals surface area contributed by atoms with Gasteiger partial charge >= 0.3 is 0 Å². The van der Waals surface area contributed by atoms with E-state index < -0.39 is 0 Å². The highest BCUT2D eigenvalue weighted by Crippen LogP contribution is 2.30. The standard InChI is InChI=1S/C14H17N5/c1-9-13(18-15)16-10(2)17-14(9)19-7-11-5-3-4-6-12(11)8-19/h3-6H,7-8,15H2,1-2H3,(H,16,17,18). The van der Waals surface area contributed by atoms with Crippen LogP contribution in [0, 0.1) is 13.8 Å². The van der Waals surface area contributed by atoms with Gasteiger partial charge in [-0.1, -0.05) is 24.3 Å². The molecule has 1 aromatic carbocycles. The third-order valence-corrected chi connectivity index (χ3v) is 3.51. The number of benzene rings is 1. The number of hydrazine groups is 1. The van der Waals surface area contributed by atoms with Gasteiger partial charge in [-0.25, -0.2) is 15.8 Å². The van der Waals surface area contributed by atoms with Gasteiger partial charge in [0.25, 0.3) is 0 Å². The fourth-order valence-corrected chi connectivity index (χ4v) is 2.54. The number of nitrogens with two attached hydrogens (primary N) is 1. The van der Waals surface area contributed by atoms with Gasteiger partial charge in [-0.05, 0) is 25.0 Å². The van der Waals surface area contributed by atoms with Crippen molar-refractivity contribution in [1.29, 1.82) is 0 Å². The van der Waals surface area contributed by atoms with Crippen LogP contribution in [0.15, 0.2) is 24.3 Å². The quantitative estimate of drug-likeness (QED) is 0.633. The van der Waals surface area contributed by atoms with Crippen molar-refractivity contribution in [2.75, 3.05) is 10.3 Å². The van der Waals surface area contributed by atoms with Crippen molar-refractivity contribution >= 4 is 11.6 Å². The summed E-state index contributed by atoms with van der Waals surface area (Å²) in [4.78, 5) is 11.1. The van der Waals surface area contributed by atoms with Gasteiger partial charge in [0.2, 0.25) is 0 Å². The van der Waals surface area contributed by atoms with E-state index in [9.17, 15) is 0 Å². The second-order valence-electron chi connectivity index (χ2n) is 4.84. The number of aromatic nitrogens is 2. The highest BCUT2D eigenvalue weighted by atomic mass is 15.3. The molecule has 0 saturated heterocycles. The maximum absolute atomic E-state index is 5.51. The SMILES string of the molecule is Cc1nc(NN)c(C)c(N2Cc3ccccc3C2)n1. The zero-order chi connectivity index (χ0) is 13.4. The average molecular weight is 255 g/mol. The third-order valence-electron chi connectivity index (χ3n) is 3.51. The lowest BCUT2D eigenvalue weighted by molar-refractivity contribution is 0.834. The molecule has 98 valence electrons. The van der Waals surface area contributed by atoms with Crippen molar-refractivity contribution in [2.45, 2.75) is 26.9 Å². The second-order valence-corrected chi connectivity index (χ2v) is 4.84. The minimum Gasteiger partial charge on any atom is -0.348 e. The number of hydrogen-bond acceptors (Lipinski definition) is 5. The van der Waals surface area contributed by atoms with E-state index in [2.05, 4.69) is 44.6 Å². The Kier molecular flexibility index (Phi) is 2.83. The number of nitrogen functional groups attached to an aromatic ring is 1. The molecule has 5 heteroatoms. The molecule has 0 atom stereocenters. The van der Waals surface area contributed by atoms with Crippen molar-refractivity contribution in [3.63, 3.8) is 0 Å². The van der Waals surface area contributed by atoms with E-state index in [1.54, 1.807) is 0 Å². The van der Waals surface area contributed by atoms with Gasteiger partial charge < -0.3 is 10.3 Å². The summed E-state index contributed by atoms with van der Waals surface area (Å²) in [6.07, 6.45) is 0. The van der Waals surface area contributed by atoms with Gasteiger partial charge in [0, 0.05) is 18.7 Å². The molecule has 1 aliphatic rings. The minimum absolute atomic E-state index is 0.693. The van der Waals surface area contributed by atoms with E-state index in [0.717, 1.165) is 30.3 Å². The summed E-state index contributed by atoms with van der Waals surface area (Å²) >= 11 is 0. The zero-order valence-electron chi connectivity index (χ0n) is 11.1. The maximum Gasteiger partial charge on any atom is 0.148 e. The van der Waals surface area contributed by atoms with Gasteiger partial charge in [0.05, 0.1) is 0 Å². The Morgan fingerprint density at radius 1 is 1.11 bits per heavy atom. The summed E-state index contributed by atoms with van der Waals surface area (Å²) in [5, 5.41) is 0. The number of rotatable bonds is 2. The highest BCUT2D eigenvalue weighted by Gasteiger charge is 2.22. The molecule has 5 nitrogen and oxygen atoms in total. The predicted molar refractivity (Wildman–Crippen MR) is 75.6 cm³/mol. The number of hydrogen-bond donors (Lipinski definition) is 2. The molecule has 2 aromatic rings. The topological polar surface area (TPSA) is 67.1 Å². The Balaban J connectivity index is 1.99. The van der Waals surface area contributed by atoms with E-state index in [1.165, 1.54) is 11.1 Å². The molecular formula is C14H17N5. The van der Waals surface area contributed by atoms with Crippen molar-refractivity contribution in [2.24, 2.45) is 5.84 Å². The summed E-state index contributed by atoms with van der Waals surface area (Å²) < 4.78 is 0. The summed E-state index contributed by atoms with van der Waals surface area (Å²) in [6, 6.07) is 8.49. The van der Waals surface area contributed by atoms with E-state index in [4.69, 9.17) is 5.84 Å². The number of nitrogens with one attached hydrogen (secondary N) is 1. The Hall–Kier alpha value is -2.14. The van der Waals surface area contributed by atoms with E-state index >= 15 is 0 Å². The van der Waals surface area contributed by atoms with E-state index in [-0.39, 0.29) is 0 Å². The summed E-state index contributed by atoms with van der Waals surface area (Å²) in [5.41, 5.74) is 6.35. The molecule has 1 aromatic heterocycles. The molecule has 0 unspecified atom stereocenters. The molecule has 3 rings (SSSR count). The maximum atomic E-state index is 5.51. The van der Waals surface area contributed by atoms with Crippen LogP contribution in [0.4, 0.5) is 11.6 Å². The third kappa shape index (κ3) is 2.02. The Labute approximate surface area is 112 Å². The zero-order valence-corrected chi connectivity index (χ0v) is 11.1. The highest BCUT2D eigenvalue weighted by molar-refractivity contribution is 5.60. The van der Waals surface area contributed by atoms with Crippen molar-refractivity contribution in [3.05, 3.63) is 46.8 Å². The van der Waals surface area contributed by atoms with Gasteiger partial charge in [-0.15, -0.1) is 0 Å². The predicted octanol–water partition coefficient (Wildman–Crippen LogP) is 1.90. The molecule has 0 fully saturated rings. The lowest BCUT2D eigenvalue weighted by Gasteiger charge is -2.20. The molecule has 0 radical (unpaired) electrons. The lowest BCUT2D eigenvalue weighted by Crippen LogP contribution is -2.20.